The van der Waals surface area contributed by atoms with Crippen LogP contribution in [0, 0.1) is 5.82 Å². The lowest BCUT2D eigenvalue weighted by Gasteiger charge is -2.22. The summed E-state index contributed by atoms with van der Waals surface area (Å²) in [6, 6.07) is 18.1. The summed E-state index contributed by atoms with van der Waals surface area (Å²) in [7, 11) is 0. The van der Waals surface area contributed by atoms with Crippen LogP contribution in [0.3, 0.4) is 0 Å². The number of hydrogen-bond donors (Lipinski definition) is 0. The van der Waals surface area contributed by atoms with E-state index in [-0.39, 0.29) is 29.0 Å². The summed E-state index contributed by atoms with van der Waals surface area (Å²) in [6.07, 6.45) is 1.83. The van der Waals surface area contributed by atoms with Gasteiger partial charge in [-0.2, -0.15) is 9.78 Å². The van der Waals surface area contributed by atoms with Crippen LogP contribution in [-0.4, -0.2) is 26.6 Å². The second kappa shape index (κ2) is 7.15. The molecule has 1 heterocycles. The fourth-order valence-electron chi connectivity index (χ4n) is 3.01. The van der Waals surface area contributed by atoms with Gasteiger partial charge in [-0.05, 0) is 48.7 Å². The molecular formula is C21H18FN3O2. The summed E-state index contributed by atoms with van der Waals surface area (Å²) in [5.41, 5.74) is 1.22. The summed E-state index contributed by atoms with van der Waals surface area (Å²) >= 11 is 0. The Hall–Kier alpha value is -3.28. The number of halogens is 1. The molecule has 2 aromatic carbocycles. The van der Waals surface area contributed by atoms with Crippen LogP contribution in [0.5, 0.6) is 0 Å². The molecule has 6 heteroatoms. The molecule has 1 saturated carbocycles. The van der Waals surface area contributed by atoms with Gasteiger partial charge in [-0.25, -0.2) is 4.39 Å². The molecule has 1 aliphatic rings. The predicted octanol–water partition coefficient (Wildman–Crippen LogP) is 3.18. The highest BCUT2D eigenvalue weighted by Gasteiger charge is 2.34. The van der Waals surface area contributed by atoms with Gasteiger partial charge < -0.3 is 4.90 Å². The Morgan fingerprint density at radius 3 is 2.56 bits per heavy atom. The Kier molecular flexibility index (Phi) is 4.54. The van der Waals surface area contributed by atoms with Gasteiger partial charge in [0.1, 0.15) is 11.5 Å². The van der Waals surface area contributed by atoms with Crippen LogP contribution in [0.2, 0.25) is 0 Å². The van der Waals surface area contributed by atoms with Crippen LogP contribution in [0.1, 0.15) is 28.9 Å². The van der Waals surface area contributed by atoms with E-state index in [9.17, 15) is 14.0 Å². The second-order valence-corrected chi connectivity index (χ2v) is 6.60. The predicted molar refractivity (Wildman–Crippen MR) is 99.1 cm³/mol. The van der Waals surface area contributed by atoms with Crippen LogP contribution in [-0.2, 0) is 6.54 Å². The minimum atomic E-state index is -0.327. The molecule has 136 valence electrons. The average Bonchev–Trinajstić information content (AvgIpc) is 3.52. The van der Waals surface area contributed by atoms with Crippen molar-refractivity contribution in [1.29, 1.82) is 0 Å². The summed E-state index contributed by atoms with van der Waals surface area (Å²) in [5, 5.41) is 4.27. The van der Waals surface area contributed by atoms with Crippen molar-refractivity contribution in [3.63, 3.8) is 0 Å². The number of aromatic nitrogens is 2. The zero-order valence-corrected chi connectivity index (χ0v) is 14.6. The van der Waals surface area contributed by atoms with Gasteiger partial charge >= 0.3 is 0 Å². The lowest BCUT2D eigenvalue weighted by Crippen LogP contribution is -2.35. The number of nitrogens with zero attached hydrogens (tertiary/aromatic N) is 3. The largest absolute Gasteiger partial charge is 0.330 e. The van der Waals surface area contributed by atoms with Crippen molar-refractivity contribution in [2.45, 2.75) is 25.4 Å². The zero-order valence-electron chi connectivity index (χ0n) is 14.6. The molecule has 0 bridgehead atoms. The van der Waals surface area contributed by atoms with Crippen molar-refractivity contribution in [2.24, 2.45) is 0 Å². The van der Waals surface area contributed by atoms with Crippen molar-refractivity contribution < 1.29 is 9.18 Å². The van der Waals surface area contributed by atoms with Crippen LogP contribution in [0.15, 0.2) is 71.5 Å². The lowest BCUT2D eigenvalue weighted by atomic mass is 10.2. The first kappa shape index (κ1) is 17.1. The molecule has 1 amide bonds. The monoisotopic (exact) mass is 363 g/mol. The van der Waals surface area contributed by atoms with Gasteiger partial charge in [-0.1, -0.05) is 30.3 Å². The SMILES string of the molecule is O=C(c1ccc(=O)n(-c2ccccc2)n1)N(Cc1cccc(F)c1)C1CC1. The molecule has 1 aliphatic carbocycles. The Morgan fingerprint density at radius 2 is 1.85 bits per heavy atom. The smallest absolute Gasteiger partial charge is 0.274 e. The van der Waals surface area contributed by atoms with E-state index in [4.69, 9.17) is 0 Å². The quantitative estimate of drug-likeness (QED) is 0.700. The van der Waals surface area contributed by atoms with Gasteiger partial charge in [-0.15, -0.1) is 0 Å². The molecule has 1 fully saturated rings. The Balaban J connectivity index is 1.65. The van der Waals surface area contributed by atoms with E-state index in [1.165, 1.54) is 28.9 Å². The number of hydrogen-bond acceptors (Lipinski definition) is 3. The van der Waals surface area contributed by atoms with E-state index >= 15 is 0 Å². The molecule has 27 heavy (non-hydrogen) atoms. The fraction of sp³-hybridized carbons (Fsp3) is 0.190. The topological polar surface area (TPSA) is 55.2 Å². The van der Waals surface area contributed by atoms with Gasteiger partial charge in [0.25, 0.3) is 11.5 Å². The third-order valence-corrected chi connectivity index (χ3v) is 4.51. The van der Waals surface area contributed by atoms with E-state index in [1.807, 2.05) is 6.07 Å². The third-order valence-electron chi connectivity index (χ3n) is 4.51. The number of amides is 1. The maximum Gasteiger partial charge on any atom is 0.274 e. The number of benzene rings is 2. The lowest BCUT2D eigenvalue weighted by molar-refractivity contribution is 0.0721. The molecule has 4 rings (SSSR count). The summed E-state index contributed by atoms with van der Waals surface area (Å²) in [4.78, 5) is 26.9. The molecule has 0 atom stereocenters. The van der Waals surface area contributed by atoms with Gasteiger partial charge in [0.05, 0.1) is 5.69 Å². The highest BCUT2D eigenvalue weighted by atomic mass is 19.1. The minimum Gasteiger partial charge on any atom is -0.330 e. The highest BCUT2D eigenvalue weighted by molar-refractivity contribution is 5.92. The average molecular weight is 363 g/mol. The van der Waals surface area contributed by atoms with Crippen molar-refractivity contribution in [3.05, 3.63) is 94.2 Å². The van der Waals surface area contributed by atoms with E-state index < -0.39 is 0 Å². The minimum absolute atomic E-state index is 0.125. The van der Waals surface area contributed by atoms with Crippen LogP contribution in [0.25, 0.3) is 5.69 Å². The van der Waals surface area contributed by atoms with Crippen molar-refractivity contribution in [3.8, 4) is 5.69 Å². The molecule has 0 N–H and O–H groups in total. The summed E-state index contributed by atoms with van der Waals surface area (Å²) in [5.74, 6) is -0.585. The molecule has 0 spiro atoms. The zero-order chi connectivity index (χ0) is 18.8. The number of rotatable bonds is 5. The van der Waals surface area contributed by atoms with E-state index in [0.717, 1.165) is 18.4 Å². The van der Waals surface area contributed by atoms with Gasteiger partial charge in [0.15, 0.2) is 0 Å². The molecular weight excluding hydrogens is 345 g/mol. The maximum absolute atomic E-state index is 13.5. The number of carbonyl (C=O) groups excluding carboxylic acids is 1. The number of carbonyl (C=O) groups is 1. The van der Waals surface area contributed by atoms with Crippen molar-refractivity contribution >= 4 is 5.91 Å². The summed E-state index contributed by atoms with van der Waals surface area (Å²) in [6.45, 7) is 0.313. The number of para-hydroxylation sites is 1. The van der Waals surface area contributed by atoms with Crippen molar-refractivity contribution in [1.82, 2.24) is 14.7 Å². The molecule has 0 radical (unpaired) electrons. The Morgan fingerprint density at radius 1 is 1.07 bits per heavy atom. The Bertz CT molecular complexity index is 1030. The van der Waals surface area contributed by atoms with Gasteiger partial charge in [0.2, 0.25) is 0 Å². The Labute approximate surface area is 155 Å². The summed E-state index contributed by atoms with van der Waals surface area (Å²) < 4.78 is 14.7. The second-order valence-electron chi connectivity index (χ2n) is 6.60. The van der Waals surface area contributed by atoms with Gasteiger partial charge in [0, 0.05) is 18.7 Å². The molecule has 0 unspecified atom stereocenters. The first-order valence-electron chi connectivity index (χ1n) is 8.83. The molecule has 0 aliphatic heterocycles. The normalized spacial score (nSPS) is 13.4. The van der Waals surface area contributed by atoms with Crippen LogP contribution < -0.4 is 5.56 Å². The molecule has 1 aromatic heterocycles. The van der Waals surface area contributed by atoms with Crippen LogP contribution in [0.4, 0.5) is 4.39 Å². The fourth-order valence-corrected chi connectivity index (χ4v) is 3.01. The molecule has 0 saturated heterocycles. The standard InChI is InChI=1S/C21H18FN3O2/c22-16-6-4-5-15(13-16)14-24(17-9-10-17)21(27)19-11-12-20(26)25(23-19)18-7-2-1-3-8-18/h1-8,11-13,17H,9-10,14H2. The van der Waals surface area contributed by atoms with E-state index in [2.05, 4.69) is 5.10 Å². The van der Waals surface area contributed by atoms with Crippen LogP contribution >= 0.6 is 0 Å². The van der Waals surface area contributed by atoms with E-state index in [0.29, 0.717) is 12.2 Å². The first-order valence-corrected chi connectivity index (χ1v) is 8.83. The molecule has 5 nitrogen and oxygen atoms in total. The molecule has 3 aromatic rings. The van der Waals surface area contributed by atoms with E-state index in [1.54, 1.807) is 41.3 Å². The van der Waals surface area contributed by atoms with Gasteiger partial charge in [-0.3, -0.25) is 9.59 Å². The third kappa shape index (κ3) is 3.79. The highest BCUT2D eigenvalue weighted by Crippen LogP contribution is 2.29. The van der Waals surface area contributed by atoms with Crippen molar-refractivity contribution in [2.75, 3.05) is 0 Å². The maximum atomic E-state index is 13.5. The first-order chi connectivity index (χ1) is 13.1.